The van der Waals surface area contributed by atoms with Crippen molar-refractivity contribution in [1.29, 1.82) is 0 Å². The first kappa shape index (κ1) is 14.9. The minimum absolute atomic E-state index is 0.155. The summed E-state index contributed by atoms with van der Waals surface area (Å²) in [5, 5.41) is 10.1. The SMILES string of the molecule is CCC(c1ccccc1O)N1CCCN(C(C)=O)CC1. The molecule has 20 heavy (non-hydrogen) atoms. The van der Waals surface area contributed by atoms with Crippen LogP contribution in [-0.4, -0.2) is 47.0 Å². The summed E-state index contributed by atoms with van der Waals surface area (Å²) in [4.78, 5) is 15.8. The van der Waals surface area contributed by atoms with Gasteiger partial charge in [0.05, 0.1) is 0 Å². The second kappa shape index (κ2) is 6.75. The number of phenolic OH excluding ortho intramolecular Hbond substituents is 1. The van der Waals surface area contributed by atoms with Crippen LogP contribution in [0.4, 0.5) is 0 Å². The lowest BCUT2D eigenvalue weighted by Gasteiger charge is -2.30. The van der Waals surface area contributed by atoms with Gasteiger partial charge in [0.1, 0.15) is 5.75 Å². The smallest absolute Gasteiger partial charge is 0.219 e. The molecule has 0 bridgehead atoms. The number of rotatable bonds is 3. The number of benzene rings is 1. The lowest BCUT2D eigenvalue weighted by atomic mass is 10.0. The monoisotopic (exact) mass is 276 g/mol. The van der Waals surface area contributed by atoms with E-state index in [9.17, 15) is 9.90 Å². The fraction of sp³-hybridized carbons (Fsp3) is 0.562. The van der Waals surface area contributed by atoms with Gasteiger partial charge in [-0.15, -0.1) is 0 Å². The summed E-state index contributed by atoms with van der Waals surface area (Å²) in [5.74, 6) is 0.523. The number of para-hydroxylation sites is 1. The normalized spacial score (nSPS) is 18.6. The number of aromatic hydroxyl groups is 1. The van der Waals surface area contributed by atoms with Gasteiger partial charge < -0.3 is 10.0 Å². The van der Waals surface area contributed by atoms with Crippen molar-refractivity contribution in [3.05, 3.63) is 29.8 Å². The Balaban J connectivity index is 2.12. The van der Waals surface area contributed by atoms with Crippen LogP contribution in [0, 0.1) is 0 Å². The van der Waals surface area contributed by atoms with Gasteiger partial charge in [0.25, 0.3) is 0 Å². The van der Waals surface area contributed by atoms with Gasteiger partial charge in [-0.3, -0.25) is 9.69 Å². The first-order valence-electron chi connectivity index (χ1n) is 7.41. The number of phenols is 1. The number of hydrogen-bond donors (Lipinski definition) is 1. The van der Waals surface area contributed by atoms with Crippen molar-refractivity contribution in [3.63, 3.8) is 0 Å². The van der Waals surface area contributed by atoms with Crippen LogP contribution < -0.4 is 0 Å². The molecule has 1 saturated heterocycles. The van der Waals surface area contributed by atoms with Crippen LogP contribution in [0.5, 0.6) is 5.75 Å². The highest BCUT2D eigenvalue weighted by Gasteiger charge is 2.24. The van der Waals surface area contributed by atoms with E-state index in [1.165, 1.54) is 0 Å². The number of hydrogen-bond acceptors (Lipinski definition) is 3. The Kier molecular flexibility index (Phi) is 5.01. The highest BCUT2D eigenvalue weighted by molar-refractivity contribution is 5.73. The van der Waals surface area contributed by atoms with Crippen LogP contribution in [0.25, 0.3) is 0 Å². The maximum absolute atomic E-state index is 11.5. The molecule has 1 unspecified atom stereocenters. The third-order valence-corrected chi connectivity index (χ3v) is 4.10. The molecule has 110 valence electrons. The molecule has 0 aliphatic carbocycles. The standard InChI is InChI=1S/C16H24N2O2/c1-3-15(14-7-4-5-8-16(14)20)18-10-6-9-17(11-12-18)13(2)19/h4-5,7-8,15,20H,3,6,9-12H2,1-2H3. The van der Waals surface area contributed by atoms with E-state index in [2.05, 4.69) is 11.8 Å². The molecule has 4 heteroatoms. The van der Waals surface area contributed by atoms with Gasteiger partial charge in [-0.1, -0.05) is 25.1 Å². The van der Waals surface area contributed by atoms with E-state index in [4.69, 9.17) is 0 Å². The summed E-state index contributed by atoms with van der Waals surface area (Å²) in [5.41, 5.74) is 0.992. The number of nitrogens with zero attached hydrogens (tertiary/aromatic N) is 2. The predicted octanol–water partition coefficient (Wildman–Crippen LogP) is 2.40. The van der Waals surface area contributed by atoms with Crippen molar-refractivity contribution < 1.29 is 9.90 Å². The maximum atomic E-state index is 11.5. The fourth-order valence-electron chi connectivity index (χ4n) is 3.01. The molecule has 4 nitrogen and oxygen atoms in total. The van der Waals surface area contributed by atoms with Gasteiger partial charge in [0.15, 0.2) is 0 Å². The Bertz CT molecular complexity index is 462. The molecular formula is C16H24N2O2. The summed E-state index contributed by atoms with van der Waals surface area (Å²) in [6, 6.07) is 7.79. The summed E-state index contributed by atoms with van der Waals surface area (Å²) >= 11 is 0. The third-order valence-electron chi connectivity index (χ3n) is 4.10. The Morgan fingerprint density at radius 2 is 2.00 bits per heavy atom. The van der Waals surface area contributed by atoms with Gasteiger partial charge in [0, 0.05) is 44.7 Å². The van der Waals surface area contributed by atoms with E-state index in [1.54, 1.807) is 13.0 Å². The zero-order valence-electron chi connectivity index (χ0n) is 12.4. The average Bonchev–Trinajstić information content (AvgIpc) is 2.68. The van der Waals surface area contributed by atoms with Gasteiger partial charge in [-0.2, -0.15) is 0 Å². The molecule has 1 aliphatic rings. The molecule has 1 N–H and O–H groups in total. The van der Waals surface area contributed by atoms with Gasteiger partial charge in [-0.05, 0) is 18.9 Å². The van der Waals surface area contributed by atoms with E-state index >= 15 is 0 Å². The molecular weight excluding hydrogens is 252 g/mol. The van der Waals surface area contributed by atoms with E-state index in [-0.39, 0.29) is 11.9 Å². The lowest BCUT2D eigenvalue weighted by Crippen LogP contribution is -2.35. The van der Waals surface area contributed by atoms with E-state index in [0.717, 1.165) is 44.6 Å². The van der Waals surface area contributed by atoms with Crippen molar-refractivity contribution in [3.8, 4) is 5.75 Å². The second-order valence-electron chi connectivity index (χ2n) is 5.38. The predicted molar refractivity (Wildman–Crippen MR) is 79.6 cm³/mol. The first-order valence-corrected chi connectivity index (χ1v) is 7.41. The summed E-state index contributed by atoms with van der Waals surface area (Å²) < 4.78 is 0. The summed E-state index contributed by atoms with van der Waals surface area (Å²) in [6.45, 7) is 7.23. The Morgan fingerprint density at radius 3 is 2.65 bits per heavy atom. The van der Waals surface area contributed by atoms with E-state index in [0.29, 0.717) is 5.75 Å². The van der Waals surface area contributed by atoms with Crippen LogP contribution in [0.3, 0.4) is 0 Å². The first-order chi connectivity index (χ1) is 9.63. The molecule has 1 aliphatic heterocycles. The highest BCUT2D eigenvalue weighted by atomic mass is 16.3. The maximum Gasteiger partial charge on any atom is 0.219 e. The molecule has 1 amide bonds. The van der Waals surface area contributed by atoms with Crippen molar-refractivity contribution in [2.75, 3.05) is 26.2 Å². The Labute approximate surface area is 121 Å². The third kappa shape index (κ3) is 3.31. The molecule has 1 atom stereocenters. The quantitative estimate of drug-likeness (QED) is 0.922. The number of carbonyl (C=O) groups is 1. The van der Waals surface area contributed by atoms with Crippen LogP contribution in [0.15, 0.2) is 24.3 Å². The van der Waals surface area contributed by atoms with Gasteiger partial charge >= 0.3 is 0 Å². The van der Waals surface area contributed by atoms with Crippen molar-refractivity contribution >= 4 is 5.91 Å². The molecule has 1 heterocycles. The van der Waals surface area contributed by atoms with Gasteiger partial charge in [-0.25, -0.2) is 0 Å². The van der Waals surface area contributed by atoms with Crippen molar-refractivity contribution in [2.24, 2.45) is 0 Å². The van der Waals surface area contributed by atoms with Crippen LogP contribution >= 0.6 is 0 Å². The molecule has 0 saturated carbocycles. The van der Waals surface area contributed by atoms with Crippen LogP contribution in [0.1, 0.15) is 38.3 Å². The summed E-state index contributed by atoms with van der Waals surface area (Å²) in [6.07, 6.45) is 1.95. The van der Waals surface area contributed by atoms with Crippen molar-refractivity contribution in [2.45, 2.75) is 32.7 Å². The molecule has 1 aromatic rings. The minimum atomic E-state index is 0.155. The molecule has 0 spiro atoms. The zero-order valence-corrected chi connectivity index (χ0v) is 12.4. The number of amides is 1. The fourth-order valence-corrected chi connectivity index (χ4v) is 3.01. The van der Waals surface area contributed by atoms with E-state index < -0.39 is 0 Å². The second-order valence-corrected chi connectivity index (χ2v) is 5.38. The average molecular weight is 276 g/mol. The molecule has 1 aromatic carbocycles. The summed E-state index contributed by atoms with van der Waals surface area (Å²) in [7, 11) is 0. The minimum Gasteiger partial charge on any atom is -0.508 e. The molecule has 0 radical (unpaired) electrons. The Morgan fingerprint density at radius 1 is 1.25 bits per heavy atom. The highest BCUT2D eigenvalue weighted by Crippen LogP contribution is 2.31. The molecule has 0 aromatic heterocycles. The van der Waals surface area contributed by atoms with E-state index in [1.807, 2.05) is 23.1 Å². The van der Waals surface area contributed by atoms with Gasteiger partial charge in [0.2, 0.25) is 5.91 Å². The lowest BCUT2D eigenvalue weighted by molar-refractivity contribution is -0.128. The topological polar surface area (TPSA) is 43.8 Å². The molecule has 2 rings (SSSR count). The largest absolute Gasteiger partial charge is 0.508 e. The number of carbonyl (C=O) groups excluding carboxylic acids is 1. The Hall–Kier alpha value is -1.55. The van der Waals surface area contributed by atoms with Crippen LogP contribution in [0.2, 0.25) is 0 Å². The zero-order chi connectivity index (χ0) is 14.5. The van der Waals surface area contributed by atoms with Crippen LogP contribution in [-0.2, 0) is 4.79 Å². The van der Waals surface area contributed by atoms with Crippen molar-refractivity contribution in [1.82, 2.24) is 9.80 Å². The molecule has 1 fully saturated rings.